The molecule has 1 rings (SSSR count). The summed E-state index contributed by atoms with van der Waals surface area (Å²) in [6.07, 6.45) is 3.16. The van der Waals surface area contributed by atoms with E-state index in [1.165, 1.54) is 5.57 Å². The van der Waals surface area contributed by atoms with E-state index in [0.717, 1.165) is 11.3 Å². The van der Waals surface area contributed by atoms with Crippen LogP contribution in [0, 0.1) is 0 Å². The zero-order chi connectivity index (χ0) is 4.57. The number of thiocarbonyl (C=S) groups is 1. The fourth-order valence-corrected chi connectivity index (χ4v) is 0.665. The van der Waals surface area contributed by atoms with Gasteiger partial charge in [-0.2, -0.15) is 0 Å². The summed E-state index contributed by atoms with van der Waals surface area (Å²) in [6.45, 7) is 2.02. The van der Waals surface area contributed by atoms with E-state index < -0.39 is 0 Å². The third-order valence-electron chi connectivity index (χ3n) is 0.933. The number of rotatable bonds is 0. The molecule has 0 amide bonds. The van der Waals surface area contributed by atoms with Gasteiger partial charge >= 0.3 is 0 Å². The van der Waals surface area contributed by atoms with Crippen LogP contribution in [-0.4, -0.2) is 4.86 Å². The van der Waals surface area contributed by atoms with Crippen LogP contribution in [0.2, 0.25) is 0 Å². The SMILES string of the molecule is CC=C1CC1=S. The molecule has 0 spiro atoms. The van der Waals surface area contributed by atoms with Gasteiger partial charge in [0.05, 0.1) is 0 Å². The van der Waals surface area contributed by atoms with Crippen molar-refractivity contribution < 1.29 is 0 Å². The third-order valence-corrected chi connectivity index (χ3v) is 1.34. The van der Waals surface area contributed by atoms with Crippen molar-refractivity contribution in [3.63, 3.8) is 0 Å². The van der Waals surface area contributed by atoms with Gasteiger partial charge in [0.25, 0.3) is 0 Å². The molecule has 0 aromatic rings. The molecule has 0 unspecified atom stereocenters. The molecule has 0 bridgehead atoms. The average molecular weight is 98.2 g/mol. The predicted octanol–water partition coefficient (Wildman–Crippen LogP) is 1.71. The zero-order valence-electron chi connectivity index (χ0n) is 3.69. The summed E-state index contributed by atoms with van der Waals surface area (Å²) in [4.78, 5) is 1.15. The van der Waals surface area contributed by atoms with Gasteiger partial charge in [0, 0.05) is 11.3 Å². The van der Waals surface area contributed by atoms with Crippen molar-refractivity contribution in [2.24, 2.45) is 0 Å². The Hall–Kier alpha value is -0.170. The number of allylic oxidation sites excluding steroid dienone is 2. The molecule has 32 valence electrons. The highest BCUT2D eigenvalue weighted by molar-refractivity contribution is 7.81. The Labute approximate surface area is 42.9 Å². The first-order valence-electron chi connectivity index (χ1n) is 2.03. The predicted molar refractivity (Wildman–Crippen MR) is 31.0 cm³/mol. The van der Waals surface area contributed by atoms with Crippen LogP contribution >= 0.6 is 12.2 Å². The van der Waals surface area contributed by atoms with E-state index in [9.17, 15) is 0 Å². The minimum atomic E-state index is 1.09. The van der Waals surface area contributed by atoms with Crippen molar-refractivity contribution in [3.8, 4) is 0 Å². The van der Waals surface area contributed by atoms with Crippen LogP contribution in [-0.2, 0) is 0 Å². The van der Waals surface area contributed by atoms with Crippen LogP contribution < -0.4 is 0 Å². The fourth-order valence-electron chi connectivity index (χ4n) is 0.392. The lowest BCUT2D eigenvalue weighted by Gasteiger charge is -1.54. The Morgan fingerprint density at radius 3 is 2.33 bits per heavy atom. The summed E-state index contributed by atoms with van der Waals surface area (Å²) >= 11 is 4.80. The molecule has 0 aromatic carbocycles. The van der Waals surface area contributed by atoms with Crippen molar-refractivity contribution >= 4 is 17.1 Å². The fraction of sp³-hybridized carbons (Fsp3) is 0.400. The van der Waals surface area contributed by atoms with E-state index in [4.69, 9.17) is 12.2 Å². The van der Waals surface area contributed by atoms with E-state index in [2.05, 4.69) is 6.08 Å². The number of hydrogen-bond acceptors (Lipinski definition) is 1. The van der Waals surface area contributed by atoms with Gasteiger partial charge in [-0.15, -0.1) is 0 Å². The van der Waals surface area contributed by atoms with E-state index in [-0.39, 0.29) is 0 Å². The maximum absolute atomic E-state index is 4.80. The quantitative estimate of drug-likeness (QED) is 0.328. The molecule has 1 aliphatic rings. The summed E-state index contributed by atoms with van der Waals surface area (Å²) < 4.78 is 0. The Bertz CT molecular complexity index is 111. The molecule has 0 aliphatic heterocycles. The van der Waals surface area contributed by atoms with Crippen molar-refractivity contribution in [2.75, 3.05) is 0 Å². The number of hydrogen-bond donors (Lipinski definition) is 0. The van der Waals surface area contributed by atoms with Crippen LogP contribution in [0.5, 0.6) is 0 Å². The van der Waals surface area contributed by atoms with Crippen LogP contribution in [0.1, 0.15) is 13.3 Å². The van der Waals surface area contributed by atoms with Crippen molar-refractivity contribution in [1.82, 2.24) is 0 Å². The van der Waals surface area contributed by atoms with E-state index >= 15 is 0 Å². The highest BCUT2D eigenvalue weighted by atomic mass is 32.1. The molecule has 6 heavy (non-hydrogen) atoms. The second kappa shape index (κ2) is 1.16. The highest BCUT2D eigenvalue weighted by Crippen LogP contribution is 2.23. The normalized spacial score (nSPS) is 25.5. The van der Waals surface area contributed by atoms with Crippen molar-refractivity contribution in [3.05, 3.63) is 11.6 Å². The maximum atomic E-state index is 4.80. The minimum Gasteiger partial charge on any atom is -0.0843 e. The molecule has 1 heteroatoms. The first-order valence-corrected chi connectivity index (χ1v) is 2.44. The average Bonchev–Trinajstić information content (AvgIpc) is 2.19. The molecule has 1 saturated carbocycles. The van der Waals surface area contributed by atoms with Crippen LogP contribution in [0.4, 0.5) is 0 Å². The Morgan fingerprint density at radius 1 is 1.83 bits per heavy atom. The lowest BCUT2D eigenvalue weighted by molar-refractivity contribution is 1.64. The highest BCUT2D eigenvalue weighted by Gasteiger charge is 2.17. The molecule has 0 N–H and O–H groups in total. The van der Waals surface area contributed by atoms with Gasteiger partial charge in [0.2, 0.25) is 0 Å². The Balaban J connectivity index is 2.67. The molecule has 0 nitrogen and oxygen atoms in total. The first-order chi connectivity index (χ1) is 2.84. The van der Waals surface area contributed by atoms with Gasteiger partial charge in [-0.1, -0.05) is 18.3 Å². The van der Waals surface area contributed by atoms with Gasteiger partial charge in [0.15, 0.2) is 0 Å². The standard InChI is InChI=1S/C5H6S/c1-2-4-3-5(4)6/h2H,3H2,1H3. The van der Waals surface area contributed by atoms with Crippen LogP contribution in [0.3, 0.4) is 0 Å². The van der Waals surface area contributed by atoms with E-state index in [1.54, 1.807) is 0 Å². The summed E-state index contributed by atoms with van der Waals surface area (Å²) in [7, 11) is 0. The topological polar surface area (TPSA) is 0 Å². The van der Waals surface area contributed by atoms with Crippen molar-refractivity contribution in [2.45, 2.75) is 13.3 Å². The lowest BCUT2D eigenvalue weighted by Crippen LogP contribution is -1.45. The van der Waals surface area contributed by atoms with Gasteiger partial charge in [-0.3, -0.25) is 0 Å². The largest absolute Gasteiger partial charge is 0.0843 e. The monoisotopic (exact) mass is 98.0 g/mol. The van der Waals surface area contributed by atoms with Crippen LogP contribution in [0.15, 0.2) is 11.6 Å². The summed E-state index contributed by atoms with van der Waals surface area (Å²) in [5, 5.41) is 0. The maximum Gasteiger partial charge on any atom is 0.0228 e. The van der Waals surface area contributed by atoms with Crippen LogP contribution in [0.25, 0.3) is 0 Å². The van der Waals surface area contributed by atoms with Crippen molar-refractivity contribution in [1.29, 1.82) is 0 Å². The second-order valence-electron chi connectivity index (χ2n) is 1.41. The second-order valence-corrected chi connectivity index (χ2v) is 1.91. The summed E-state index contributed by atoms with van der Waals surface area (Å²) in [5.74, 6) is 0. The molecule has 0 saturated heterocycles. The lowest BCUT2D eigenvalue weighted by atomic mass is 10.6. The van der Waals surface area contributed by atoms with Gasteiger partial charge in [-0.05, 0) is 12.5 Å². The Morgan fingerprint density at radius 2 is 2.33 bits per heavy atom. The molecular weight excluding hydrogens is 92.1 g/mol. The molecule has 0 atom stereocenters. The molecule has 0 radical (unpaired) electrons. The molecular formula is C5H6S. The van der Waals surface area contributed by atoms with Gasteiger partial charge < -0.3 is 0 Å². The minimum absolute atomic E-state index is 1.09. The van der Waals surface area contributed by atoms with Gasteiger partial charge in [0.1, 0.15) is 0 Å². The molecule has 0 heterocycles. The third kappa shape index (κ3) is 0.500. The molecule has 1 aliphatic carbocycles. The molecule has 1 fully saturated rings. The summed E-state index contributed by atoms with van der Waals surface area (Å²) in [5.41, 5.74) is 1.37. The first kappa shape index (κ1) is 4.00. The van der Waals surface area contributed by atoms with Gasteiger partial charge in [-0.25, -0.2) is 0 Å². The zero-order valence-corrected chi connectivity index (χ0v) is 4.51. The molecule has 0 aromatic heterocycles. The Kier molecular flexibility index (Phi) is 0.771. The van der Waals surface area contributed by atoms with E-state index in [0.29, 0.717) is 0 Å². The summed E-state index contributed by atoms with van der Waals surface area (Å²) in [6, 6.07) is 0. The smallest absolute Gasteiger partial charge is 0.0228 e. The van der Waals surface area contributed by atoms with E-state index in [1.807, 2.05) is 6.92 Å².